The van der Waals surface area contributed by atoms with E-state index in [0.29, 0.717) is 12.8 Å². The van der Waals surface area contributed by atoms with Crippen molar-refractivity contribution in [3.8, 4) is 0 Å². The van der Waals surface area contributed by atoms with Gasteiger partial charge in [-0.2, -0.15) is 13.2 Å². The van der Waals surface area contributed by atoms with Gasteiger partial charge in [0.25, 0.3) is 0 Å². The number of benzene rings is 1. The quantitative estimate of drug-likeness (QED) is 0.791. The van der Waals surface area contributed by atoms with E-state index < -0.39 is 11.5 Å². The fourth-order valence-electron chi connectivity index (χ4n) is 1.54. The number of carbonyl (C=O) groups is 1. The fraction of sp³-hybridized carbons (Fsp3) is 0.417. The molecule has 1 atom stereocenters. The lowest BCUT2D eigenvalue weighted by Gasteiger charge is -2.11. The summed E-state index contributed by atoms with van der Waals surface area (Å²) in [6.07, 6.45) is 0.780. The SMILES string of the molecule is NC(CCC(=O)O)Cc1ccc(SC(F)(F)F)cc1. The van der Waals surface area contributed by atoms with Gasteiger partial charge in [-0.3, -0.25) is 4.79 Å². The first-order valence-corrected chi connectivity index (χ1v) is 6.40. The minimum atomic E-state index is -4.29. The monoisotopic (exact) mass is 293 g/mol. The van der Waals surface area contributed by atoms with Crippen molar-refractivity contribution in [2.45, 2.75) is 35.7 Å². The predicted molar refractivity (Wildman–Crippen MR) is 66.9 cm³/mol. The number of carboxylic acid groups (broad SMARTS) is 1. The zero-order valence-electron chi connectivity index (χ0n) is 9.98. The van der Waals surface area contributed by atoms with Crippen LogP contribution >= 0.6 is 11.8 Å². The Labute approximate surface area is 113 Å². The van der Waals surface area contributed by atoms with Crippen LogP contribution in [0, 0.1) is 0 Å². The van der Waals surface area contributed by atoms with Crippen LogP contribution in [0.4, 0.5) is 13.2 Å². The number of aliphatic carboxylic acids is 1. The van der Waals surface area contributed by atoms with Gasteiger partial charge < -0.3 is 10.8 Å². The summed E-state index contributed by atoms with van der Waals surface area (Å²) in [5.41, 5.74) is 2.25. The molecule has 0 radical (unpaired) electrons. The summed E-state index contributed by atoms with van der Waals surface area (Å²) in [5, 5.41) is 8.51. The van der Waals surface area contributed by atoms with E-state index in [9.17, 15) is 18.0 Å². The van der Waals surface area contributed by atoms with Gasteiger partial charge in [-0.25, -0.2) is 0 Å². The van der Waals surface area contributed by atoms with E-state index in [2.05, 4.69) is 0 Å². The van der Waals surface area contributed by atoms with Gasteiger partial charge in [-0.15, -0.1) is 0 Å². The first-order chi connectivity index (χ1) is 8.76. The van der Waals surface area contributed by atoms with Gasteiger partial charge in [-0.05, 0) is 42.3 Å². The number of carboxylic acids is 1. The molecule has 0 aliphatic rings. The van der Waals surface area contributed by atoms with E-state index in [1.54, 1.807) is 12.1 Å². The topological polar surface area (TPSA) is 63.3 Å². The van der Waals surface area contributed by atoms with Crippen LogP contribution in [0.3, 0.4) is 0 Å². The molecule has 3 nitrogen and oxygen atoms in total. The van der Waals surface area contributed by atoms with Crippen molar-refractivity contribution in [3.63, 3.8) is 0 Å². The smallest absolute Gasteiger partial charge is 0.446 e. The second-order valence-electron chi connectivity index (χ2n) is 4.09. The number of halogens is 3. The standard InChI is InChI=1S/C12H14F3NO2S/c13-12(14,15)19-10-4-1-8(2-5-10)7-9(16)3-6-11(17)18/h1-2,4-5,9H,3,6-7,16H2,(H,17,18). The molecule has 0 saturated carbocycles. The highest BCUT2D eigenvalue weighted by atomic mass is 32.2. The second kappa shape index (κ2) is 6.81. The summed E-state index contributed by atoms with van der Waals surface area (Å²) < 4.78 is 36.3. The first kappa shape index (κ1) is 15.8. The Morgan fingerprint density at radius 3 is 2.37 bits per heavy atom. The van der Waals surface area contributed by atoms with Crippen LogP contribution in [0.15, 0.2) is 29.2 Å². The Morgan fingerprint density at radius 2 is 1.89 bits per heavy atom. The lowest BCUT2D eigenvalue weighted by atomic mass is 10.0. The summed E-state index contributed by atoms with van der Waals surface area (Å²) in [6.45, 7) is 0. The highest BCUT2D eigenvalue weighted by Crippen LogP contribution is 2.36. The maximum Gasteiger partial charge on any atom is 0.446 e. The predicted octanol–water partition coefficient (Wildman–Crippen LogP) is 3.03. The molecule has 1 rings (SSSR count). The average Bonchev–Trinajstić information content (AvgIpc) is 2.27. The average molecular weight is 293 g/mol. The number of hydrogen-bond donors (Lipinski definition) is 2. The maximum atomic E-state index is 12.1. The van der Waals surface area contributed by atoms with Crippen molar-refractivity contribution < 1.29 is 23.1 Å². The summed E-state index contributed by atoms with van der Waals surface area (Å²) >= 11 is -0.166. The van der Waals surface area contributed by atoms with Gasteiger partial charge in [-0.1, -0.05) is 12.1 Å². The van der Waals surface area contributed by atoms with Gasteiger partial charge in [0.1, 0.15) is 0 Å². The maximum absolute atomic E-state index is 12.1. The number of hydrogen-bond acceptors (Lipinski definition) is 3. The fourth-order valence-corrected chi connectivity index (χ4v) is 2.08. The summed E-state index contributed by atoms with van der Waals surface area (Å²) in [7, 11) is 0. The molecule has 0 spiro atoms. The zero-order valence-corrected chi connectivity index (χ0v) is 10.8. The normalized spacial score (nSPS) is 13.3. The number of nitrogens with two attached hydrogens (primary N) is 1. The van der Waals surface area contributed by atoms with Crippen molar-refractivity contribution in [1.82, 2.24) is 0 Å². The highest BCUT2D eigenvalue weighted by Gasteiger charge is 2.28. The van der Waals surface area contributed by atoms with E-state index in [0.717, 1.165) is 5.56 Å². The van der Waals surface area contributed by atoms with Crippen LogP contribution in [0.5, 0.6) is 0 Å². The van der Waals surface area contributed by atoms with Crippen molar-refractivity contribution in [3.05, 3.63) is 29.8 Å². The Hall–Kier alpha value is -1.21. The lowest BCUT2D eigenvalue weighted by molar-refractivity contribution is -0.137. The number of rotatable bonds is 6. The third-order valence-corrected chi connectivity index (χ3v) is 3.12. The molecule has 0 amide bonds. The van der Waals surface area contributed by atoms with Crippen LogP contribution < -0.4 is 5.73 Å². The molecule has 0 heterocycles. The van der Waals surface area contributed by atoms with Crippen molar-refractivity contribution in [2.24, 2.45) is 5.73 Å². The summed E-state index contributed by atoms with van der Waals surface area (Å²) in [4.78, 5) is 10.5. The molecule has 0 fully saturated rings. The molecule has 0 aliphatic carbocycles. The van der Waals surface area contributed by atoms with Gasteiger partial charge in [0.2, 0.25) is 0 Å². The van der Waals surface area contributed by atoms with Gasteiger partial charge in [0, 0.05) is 17.4 Å². The summed E-state index contributed by atoms with van der Waals surface area (Å²) in [5.74, 6) is -0.910. The van der Waals surface area contributed by atoms with Crippen molar-refractivity contribution >= 4 is 17.7 Å². The largest absolute Gasteiger partial charge is 0.481 e. The molecular weight excluding hydrogens is 279 g/mol. The van der Waals surface area contributed by atoms with Crippen LogP contribution in [-0.2, 0) is 11.2 Å². The molecule has 3 N–H and O–H groups in total. The molecule has 19 heavy (non-hydrogen) atoms. The minimum Gasteiger partial charge on any atom is -0.481 e. The van der Waals surface area contributed by atoms with Gasteiger partial charge in [0.05, 0.1) is 0 Å². The van der Waals surface area contributed by atoms with Crippen molar-refractivity contribution in [1.29, 1.82) is 0 Å². The molecule has 0 bridgehead atoms. The molecule has 0 aromatic heterocycles. The molecule has 0 saturated heterocycles. The molecule has 106 valence electrons. The van der Waals surface area contributed by atoms with Crippen molar-refractivity contribution in [2.75, 3.05) is 0 Å². The van der Waals surface area contributed by atoms with E-state index in [1.807, 2.05) is 0 Å². The lowest BCUT2D eigenvalue weighted by Crippen LogP contribution is -2.23. The number of alkyl halides is 3. The van der Waals surface area contributed by atoms with Gasteiger partial charge >= 0.3 is 11.5 Å². The Bertz CT molecular complexity index is 420. The summed E-state index contributed by atoms with van der Waals surface area (Å²) in [6, 6.07) is 5.62. The second-order valence-corrected chi connectivity index (χ2v) is 5.23. The molecule has 7 heteroatoms. The molecule has 1 aromatic rings. The van der Waals surface area contributed by atoms with E-state index in [4.69, 9.17) is 10.8 Å². The van der Waals surface area contributed by atoms with E-state index >= 15 is 0 Å². The Balaban J connectivity index is 2.50. The van der Waals surface area contributed by atoms with Crippen LogP contribution in [0.25, 0.3) is 0 Å². The van der Waals surface area contributed by atoms with Crippen LogP contribution in [0.1, 0.15) is 18.4 Å². The van der Waals surface area contributed by atoms with Gasteiger partial charge in [0.15, 0.2) is 0 Å². The third-order valence-electron chi connectivity index (χ3n) is 2.38. The first-order valence-electron chi connectivity index (χ1n) is 5.58. The molecule has 0 aliphatic heterocycles. The zero-order chi connectivity index (χ0) is 14.5. The van der Waals surface area contributed by atoms with E-state index in [-0.39, 0.29) is 29.1 Å². The Morgan fingerprint density at radius 1 is 1.32 bits per heavy atom. The van der Waals surface area contributed by atoms with Crippen LogP contribution in [0.2, 0.25) is 0 Å². The number of thioether (sulfide) groups is 1. The molecule has 1 aromatic carbocycles. The molecule has 1 unspecified atom stereocenters. The highest BCUT2D eigenvalue weighted by molar-refractivity contribution is 8.00. The van der Waals surface area contributed by atoms with E-state index in [1.165, 1.54) is 12.1 Å². The Kier molecular flexibility index (Phi) is 5.68. The van der Waals surface area contributed by atoms with Crippen LogP contribution in [-0.4, -0.2) is 22.6 Å². The third kappa shape index (κ3) is 7.07. The molecular formula is C12H14F3NO2S. The minimum absolute atomic E-state index is 0.0107.